The SMILES string of the molecule is COCCOCCCSc1nc2[nH]ccc2c(=O)n1-c1ccc(O)cc1. The van der Waals surface area contributed by atoms with Crippen molar-refractivity contribution in [3.8, 4) is 11.4 Å². The number of hydrogen-bond donors (Lipinski definition) is 2. The van der Waals surface area contributed by atoms with Crippen LogP contribution < -0.4 is 5.56 Å². The lowest BCUT2D eigenvalue weighted by Gasteiger charge is -2.12. The molecule has 0 amide bonds. The van der Waals surface area contributed by atoms with E-state index in [0.717, 1.165) is 12.2 Å². The molecule has 7 nitrogen and oxygen atoms in total. The standard InChI is InChI=1S/C18H21N3O4S/c1-24-10-11-25-9-2-12-26-18-20-16-15(7-8-19-16)17(23)21(18)13-3-5-14(22)6-4-13/h3-8,19,22H,2,9-12H2,1H3. The molecule has 0 saturated carbocycles. The Morgan fingerprint density at radius 2 is 2.00 bits per heavy atom. The van der Waals surface area contributed by atoms with Gasteiger partial charge < -0.3 is 19.6 Å². The fourth-order valence-corrected chi connectivity index (χ4v) is 3.39. The normalized spacial score (nSPS) is 11.3. The zero-order valence-corrected chi connectivity index (χ0v) is 15.3. The van der Waals surface area contributed by atoms with Crippen LogP contribution in [0.2, 0.25) is 0 Å². The first-order chi connectivity index (χ1) is 12.7. The van der Waals surface area contributed by atoms with Gasteiger partial charge in [0.1, 0.15) is 11.4 Å². The monoisotopic (exact) mass is 375 g/mol. The number of aromatic hydroxyl groups is 1. The number of fused-ring (bicyclic) bond motifs is 1. The molecule has 0 unspecified atom stereocenters. The van der Waals surface area contributed by atoms with Gasteiger partial charge >= 0.3 is 0 Å². The summed E-state index contributed by atoms with van der Waals surface area (Å²) in [7, 11) is 1.64. The summed E-state index contributed by atoms with van der Waals surface area (Å²) in [5.74, 6) is 0.920. The predicted octanol–water partition coefficient (Wildman–Crippen LogP) is 2.56. The first-order valence-electron chi connectivity index (χ1n) is 8.29. The molecule has 3 aromatic rings. The van der Waals surface area contributed by atoms with Crippen LogP contribution in [0.15, 0.2) is 46.5 Å². The molecule has 0 atom stereocenters. The molecule has 0 saturated heterocycles. The van der Waals surface area contributed by atoms with Crippen molar-refractivity contribution in [2.24, 2.45) is 0 Å². The van der Waals surface area contributed by atoms with Crippen molar-refractivity contribution < 1.29 is 14.6 Å². The lowest BCUT2D eigenvalue weighted by molar-refractivity contribution is 0.0713. The average molecular weight is 375 g/mol. The van der Waals surface area contributed by atoms with E-state index in [4.69, 9.17) is 9.47 Å². The second-order valence-electron chi connectivity index (χ2n) is 5.60. The minimum Gasteiger partial charge on any atom is -0.508 e. The van der Waals surface area contributed by atoms with Gasteiger partial charge in [-0.1, -0.05) is 11.8 Å². The van der Waals surface area contributed by atoms with Gasteiger partial charge in [-0.15, -0.1) is 0 Å². The number of benzene rings is 1. The van der Waals surface area contributed by atoms with E-state index in [0.29, 0.717) is 41.7 Å². The molecule has 3 rings (SSSR count). The van der Waals surface area contributed by atoms with Crippen LogP contribution in [0, 0.1) is 0 Å². The third-order valence-corrected chi connectivity index (χ3v) is 4.79. The van der Waals surface area contributed by atoms with Crippen LogP contribution in [-0.4, -0.2) is 52.3 Å². The Morgan fingerprint density at radius 3 is 2.77 bits per heavy atom. The van der Waals surface area contributed by atoms with Crippen LogP contribution >= 0.6 is 11.8 Å². The summed E-state index contributed by atoms with van der Waals surface area (Å²) >= 11 is 1.50. The fourth-order valence-electron chi connectivity index (χ4n) is 2.47. The molecule has 0 bridgehead atoms. The minimum atomic E-state index is -0.138. The molecule has 0 aliphatic rings. The maximum atomic E-state index is 12.9. The molecule has 0 spiro atoms. The highest BCUT2D eigenvalue weighted by atomic mass is 32.2. The second kappa shape index (κ2) is 8.88. The molecule has 0 fully saturated rings. The molecule has 0 aliphatic carbocycles. The van der Waals surface area contributed by atoms with Crippen LogP contribution in [-0.2, 0) is 9.47 Å². The van der Waals surface area contributed by atoms with Gasteiger partial charge in [0.25, 0.3) is 5.56 Å². The Morgan fingerprint density at radius 1 is 1.19 bits per heavy atom. The number of thioether (sulfide) groups is 1. The Balaban J connectivity index is 1.80. The van der Waals surface area contributed by atoms with E-state index in [1.165, 1.54) is 11.8 Å². The number of H-pyrrole nitrogens is 1. The van der Waals surface area contributed by atoms with Crippen molar-refractivity contribution >= 4 is 22.8 Å². The molecule has 0 aliphatic heterocycles. The Kier molecular flexibility index (Phi) is 6.32. The topological polar surface area (TPSA) is 89.4 Å². The van der Waals surface area contributed by atoms with Gasteiger partial charge in [-0.05, 0) is 36.8 Å². The van der Waals surface area contributed by atoms with E-state index in [-0.39, 0.29) is 11.3 Å². The zero-order valence-electron chi connectivity index (χ0n) is 14.5. The predicted molar refractivity (Wildman–Crippen MR) is 101 cm³/mol. The van der Waals surface area contributed by atoms with Crippen molar-refractivity contribution in [3.05, 3.63) is 46.9 Å². The first-order valence-corrected chi connectivity index (χ1v) is 9.28. The highest BCUT2D eigenvalue weighted by molar-refractivity contribution is 7.99. The van der Waals surface area contributed by atoms with E-state index in [9.17, 15) is 9.90 Å². The Hall–Kier alpha value is -2.29. The molecular formula is C18H21N3O4S. The third-order valence-electron chi connectivity index (χ3n) is 3.76. The van der Waals surface area contributed by atoms with Gasteiger partial charge in [-0.3, -0.25) is 9.36 Å². The molecule has 0 radical (unpaired) electrons. The van der Waals surface area contributed by atoms with Crippen LogP contribution in [0.4, 0.5) is 0 Å². The van der Waals surface area contributed by atoms with Gasteiger partial charge in [-0.25, -0.2) is 4.98 Å². The van der Waals surface area contributed by atoms with E-state index in [1.807, 2.05) is 0 Å². The van der Waals surface area contributed by atoms with Crippen molar-refractivity contribution in [1.29, 1.82) is 0 Å². The highest BCUT2D eigenvalue weighted by Gasteiger charge is 2.14. The molecule has 8 heteroatoms. The van der Waals surface area contributed by atoms with Crippen molar-refractivity contribution in [2.75, 3.05) is 32.7 Å². The van der Waals surface area contributed by atoms with Gasteiger partial charge in [0.05, 0.1) is 24.3 Å². The molecule has 2 heterocycles. The number of ether oxygens (including phenoxy) is 2. The van der Waals surface area contributed by atoms with Crippen LogP contribution in [0.3, 0.4) is 0 Å². The molecule has 26 heavy (non-hydrogen) atoms. The van der Waals surface area contributed by atoms with Crippen molar-refractivity contribution in [3.63, 3.8) is 0 Å². The maximum Gasteiger partial charge on any atom is 0.268 e. The number of rotatable bonds is 9. The fraction of sp³-hybridized carbons (Fsp3) is 0.333. The van der Waals surface area contributed by atoms with Crippen LogP contribution in [0.25, 0.3) is 16.7 Å². The van der Waals surface area contributed by atoms with E-state index in [2.05, 4.69) is 9.97 Å². The molecular weight excluding hydrogens is 354 g/mol. The average Bonchev–Trinajstić information content (AvgIpc) is 3.11. The summed E-state index contributed by atoms with van der Waals surface area (Å²) in [4.78, 5) is 20.5. The summed E-state index contributed by atoms with van der Waals surface area (Å²) in [6.07, 6.45) is 2.54. The van der Waals surface area contributed by atoms with E-state index in [1.54, 1.807) is 48.2 Å². The van der Waals surface area contributed by atoms with Crippen molar-refractivity contribution in [2.45, 2.75) is 11.6 Å². The van der Waals surface area contributed by atoms with Gasteiger partial charge in [0.15, 0.2) is 5.16 Å². The summed E-state index contributed by atoms with van der Waals surface area (Å²) in [6, 6.07) is 8.24. The largest absolute Gasteiger partial charge is 0.508 e. The molecule has 2 aromatic heterocycles. The van der Waals surface area contributed by atoms with Crippen molar-refractivity contribution in [1.82, 2.24) is 14.5 Å². The van der Waals surface area contributed by atoms with E-state index < -0.39 is 0 Å². The van der Waals surface area contributed by atoms with Crippen LogP contribution in [0.1, 0.15) is 6.42 Å². The molecule has 138 valence electrons. The number of phenols is 1. The number of nitrogens with one attached hydrogen (secondary N) is 1. The summed E-state index contributed by atoms with van der Waals surface area (Å²) < 4.78 is 12.0. The summed E-state index contributed by atoms with van der Waals surface area (Å²) in [5.41, 5.74) is 1.10. The van der Waals surface area contributed by atoms with Crippen LogP contribution in [0.5, 0.6) is 5.75 Å². The summed E-state index contributed by atoms with van der Waals surface area (Å²) in [6.45, 7) is 1.79. The Bertz CT molecular complexity index is 905. The number of methoxy groups -OCH3 is 1. The molecule has 1 aromatic carbocycles. The number of hydrogen-bond acceptors (Lipinski definition) is 6. The summed E-state index contributed by atoms with van der Waals surface area (Å²) in [5, 5.41) is 10.6. The quantitative estimate of drug-likeness (QED) is 0.339. The lowest BCUT2D eigenvalue weighted by Crippen LogP contribution is -2.21. The minimum absolute atomic E-state index is 0.138. The lowest BCUT2D eigenvalue weighted by atomic mass is 10.3. The maximum absolute atomic E-state index is 12.9. The second-order valence-corrected chi connectivity index (χ2v) is 6.66. The number of aromatic amines is 1. The Labute approximate surface area is 155 Å². The van der Waals surface area contributed by atoms with E-state index >= 15 is 0 Å². The molecule has 2 N–H and O–H groups in total. The number of nitrogens with zero attached hydrogens (tertiary/aromatic N) is 2. The number of aromatic nitrogens is 3. The third kappa shape index (κ3) is 4.27. The first kappa shape index (κ1) is 18.5. The zero-order chi connectivity index (χ0) is 18.4. The van der Waals surface area contributed by atoms with Gasteiger partial charge in [0, 0.05) is 25.7 Å². The van der Waals surface area contributed by atoms with Gasteiger partial charge in [-0.2, -0.15) is 0 Å². The van der Waals surface area contributed by atoms with Gasteiger partial charge in [0.2, 0.25) is 0 Å². The smallest absolute Gasteiger partial charge is 0.268 e. The number of phenolic OH excluding ortho intramolecular Hbond substituents is 1. The highest BCUT2D eigenvalue weighted by Crippen LogP contribution is 2.22.